The van der Waals surface area contributed by atoms with E-state index in [2.05, 4.69) is 4.98 Å². The normalized spacial score (nSPS) is 17.7. The summed E-state index contributed by atoms with van der Waals surface area (Å²) in [5, 5.41) is 11.9. The van der Waals surface area contributed by atoms with Gasteiger partial charge in [-0.15, -0.1) is 11.3 Å². The van der Waals surface area contributed by atoms with Crippen molar-refractivity contribution in [3.8, 4) is 10.6 Å². The number of thiazole rings is 1. The summed E-state index contributed by atoms with van der Waals surface area (Å²) < 4.78 is 5.39. The van der Waals surface area contributed by atoms with E-state index in [0.717, 1.165) is 10.6 Å². The zero-order valence-corrected chi connectivity index (χ0v) is 14.2. The molecule has 2 heterocycles. The molecule has 6 nitrogen and oxygen atoms in total. The van der Waals surface area contributed by atoms with E-state index in [1.807, 2.05) is 12.1 Å². The second-order valence-electron chi connectivity index (χ2n) is 5.39. The number of benzene rings is 1. The Balaban J connectivity index is 1.72. The Kier molecular flexibility index (Phi) is 5.13. The van der Waals surface area contributed by atoms with Crippen LogP contribution in [0.1, 0.15) is 16.9 Å². The van der Waals surface area contributed by atoms with Crippen molar-refractivity contribution < 1.29 is 19.4 Å². The van der Waals surface area contributed by atoms with Crippen molar-refractivity contribution in [1.29, 1.82) is 0 Å². The van der Waals surface area contributed by atoms with Crippen LogP contribution in [0.4, 0.5) is 0 Å². The molecule has 0 aliphatic carbocycles. The van der Waals surface area contributed by atoms with Gasteiger partial charge in [-0.2, -0.15) is 0 Å². The van der Waals surface area contributed by atoms with Gasteiger partial charge < -0.3 is 14.7 Å². The molecule has 1 aliphatic rings. The van der Waals surface area contributed by atoms with E-state index in [1.54, 1.807) is 22.4 Å². The molecule has 1 N–H and O–H groups in total. The number of aromatic nitrogens is 1. The van der Waals surface area contributed by atoms with Crippen molar-refractivity contribution in [2.75, 3.05) is 19.7 Å². The fourth-order valence-corrected chi connectivity index (χ4v) is 3.49. The summed E-state index contributed by atoms with van der Waals surface area (Å²) >= 11 is 7.36. The van der Waals surface area contributed by atoms with Crippen LogP contribution >= 0.6 is 22.9 Å². The Morgan fingerprint density at radius 3 is 3.04 bits per heavy atom. The van der Waals surface area contributed by atoms with Crippen LogP contribution in [0.5, 0.6) is 0 Å². The first-order valence-corrected chi connectivity index (χ1v) is 8.63. The zero-order chi connectivity index (χ0) is 17.1. The second kappa shape index (κ2) is 7.29. The van der Waals surface area contributed by atoms with Gasteiger partial charge in [0, 0.05) is 29.1 Å². The fraction of sp³-hybridized carbons (Fsp3) is 0.312. The minimum absolute atomic E-state index is 0.116. The molecule has 1 unspecified atom stereocenters. The maximum atomic E-state index is 12.6. The number of carboxylic acid groups (broad SMARTS) is 1. The third-order valence-electron chi connectivity index (χ3n) is 3.62. The van der Waals surface area contributed by atoms with Gasteiger partial charge in [0.2, 0.25) is 0 Å². The Morgan fingerprint density at radius 2 is 2.29 bits per heavy atom. The summed E-state index contributed by atoms with van der Waals surface area (Å²) in [5.41, 5.74) is 1.21. The zero-order valence-electron chi connectivity index (χ0n) is 12.6. The maximum Gasteiger partial charge on any atom is 0.306 e. The number of carboxylic acids is 1. The molecule has 1 aromatic carbocycles. The van der Waals surface area contributed by atoms with Crippen LogP contribution in [0.2, 0.25) is 5.02 Å². The van der Waals surface area contributed by atoms with Crippen LogP contribution in [0.15, 0.2) is 29.6 Å². The number of ether oxygens (including phenoxy) is 1. The van der Waals surface area contributed by atoms with Crippen LogP contribution < -0.4 is 0 Å². The van der Waals surface area contributed by atoms with E-state index in [-0.39, 0.29) is 18.9 Å². The summed E-state index contributed by atoms with van der Waals surface area (Å²) in [7, 11) is 0. The lowest BCUT2D eigenvalue weighted by Gasteiger charge is -2.31. The number of amides is 1. The molecule has 8 heteroatoms. The standard InChI is InChI=1S/C16H15ClN2O4S/c17-11-3-1-2-10(6-11)15-18-13(9-24-15)16(22)19-4-5-23-12(8-19)7-14(20)21/h1-3,6,9,12H,4-5,7-8H2,(H,20,21). The highest BCUT2D eigenvalue weighted by molar-refractivity contribution is 7.13. The lowest BCUT2D eigenvalue weighted by atomic mass is 10.2. The van der Waals surface area contributed by atoms with Gasteiger partial charge in [0.15, 0.2) is 0 Å². The van der Waals surface area contributed by atoms with E-state index in [4.69, 9.17) is 21.4 Å². The summed E-state index contributed by atoms with van der Waals surface area (Å²) in [6.45, 7) is 1.02. The van der Waals surface area contributed by atoms with E-state index in [9.17, 15) is 9.59 Å². The molecule has 0 spiro atoms. The largest absolute Gasteiger partial charge is 0.481 e. The number of halogens is 1. The minimum Gasteiger partial charge on any atom is -0.481 e. The molecular weight excluding hydrogens is 352 g/mol. The first-order valence-electron chi connectivity index (χ1n) is 7.37. The average Bonchev–Trinajstić information content (AvgIpc) is 3.04. The first kappa shape index (κ1) is 16.9. The summed E-state index contributed by atoms with van der Waals surface area (Å²) in [5.74, 6) is -1.15. The number of hydrogen-bond donors (Lipinski definition) is 1. The lowest BCUT2D eigenvalue weighted by Crippen LogP contribution is -2.46. The van der Waals surface area contributed by atoms with Gasteiger partial charge in [-0.25, -0.2) is 4.98 Å². The molecular formula is C16H15ClN2O4S. The van der Waals surface area contributed by atoms with Crippen LogP contribution in [0, 0.1) is 0 Å². The maximum absolute atomic E-state index is 12.6. The Hall–Kier alpha value is -1.96. The van der Waals surface area contributed by atoms with E-state index >= 15 is 0 Å². The van der Waals surface area contributed by atoms with Crippen molar-refractivity contribution in [2.24, 2.45) is 0 Å². The highest BCUT2D eigenvalue weighted by Crippen LogP contribution is 2.26. The molecule has 0 radical (unpaired) electrons. The second-order valence-corrected chi connectivity index (χ2v) is 6.68. The third-order valence-corrected chi connectivity index (χ3v) is 4.75. The number of nitrogens with zero attached hydrogens (tertiary/aromatic N) is 2. The predicted octanol–water partition coefficient (Wildman–Crippen LogP) is 2.78. The monoisotopic (exact) mass is 366 g/mol. The van der Waals surface area contributed by atoms with Gasteiger partial charge in [-0.05, 0) is 12.1 Å². The number of aliphatic carboxylic acids is 1. The number of carbonyl (C=O) groups excluding carboxylic acids is 1. The molecule has 1 amide bonds. The van der Waals surface area contributed by atoms with Crippen LogP contribution in [0.3, 0.4) is 0 Å². The molecule has 1 saturated heterocycles. The van der Waals surface area contributed by atoms with Crippen molar-refractivity contribution in [3.63, 3.8) is 0 Å². The van der Waals surface area contributed by atoms with E-state index < -0.39 is 12.1 Å². The fourth-order valence-electron chi connectivity index (χ4n) is 2.51. The van der Waals surface area contributed by atoms with Crippen molar-refractivity contribution in [3.05, 3.63) is 40.4 Å². The molecule has 126 valence electrons. The lowest BCUT2D eigenvalue weighted by molar-refractivity contribution is -0.141. The molecule has 1 aliphatic heterocycles. The molecule has 3 rings (SSSR count). The van der Waals surface area contributed by atoms with E-state index in [0.29, 0.717) is 23.9 Å². The molecule has 0 bridgehead atoms. The van der Waals surface area contributed by atoms with Gasteiger partial charge in [-0.1, -0.05) is 23.7 Å². The number of carbonyl (C=O) groups is 2. The topological polar surface area (TPSA) is 79.7 Å². The van der Waals surface area contributed by atoms with Gasteiger partial charge in [0.1, 0.15) is 10.7 Å². The minimum atomic E-state index is -0.939. The van der Waals surface area contributed by atoms with Gasteiger partial charge in [-0.3, -0.25) is 9.59 Å². The summed E-state index contributed by atoms with van der Waals surface area (Å²) in [4.78, 5) is 29.4. The quantitative estimate of drug-likeness (QED) is 0.900. The average molecular weight is 367 g/mol. The molecule has 0 saturated carbocycles. The Morgan fingerprint density at radius 1 is 1.46 bits per heavy atom. The van der Waals surface area contributed by atoms with Crippen molar-refractivity contribution in [2.45, 2.75) is 12.5 Å². The predicted molar refractivity (Wildman–Crippen MR) is 90.5 cm³/mol. The highest BCUT2D eigenvalue weighted by atomic mass is 35.5. The summed E-state index contributed by atoms with van der Waals surface area (Å²) in [6.07, 6.45) is -0.597. The number of morpholine rings is 1. The van der Waals surface area contributed by atoms with Crippen molar-refractivity contribution >= 4 is 34.8 Å². The van der Waals surface area contributed by atoms with E-state index in [1.165, 1.54) is 11.3 Å². The van der Waals surface area contributed by atoms with Crippen LogP contribution in [0.25, 0.3) is 10.6 Å². The van der Waals surface area contributed by atoms with Gasteiger partial charge in [0.25, 0.3) is 5.91 Å². The van der Waals surface area contributed by atoms with Crippen molar-refractivity contribution in [1.82, 2.24) is 9.88 Å². The molecule has 1 atom stereocenters. The number of rotatable bonds is 4. The Labute approximate surface area is 147 Å². The Bertz CT molecular complexity index is 764. The molecule has 24 heavy (non-hydrogen) atoms. The molecule has 1 fully saturated rings. The summed E-state index contributed by atoms with van der Waals surface area (Å²) in [6, 6.07) is 7.29. The third kappa shape index (κ3) is 3.92. The first-order chi connectivity index (χ1) is 11.5. The van der Waals surface area contributed by atoms with Gasteiger partial charge in [0.05, 0.1) is 19.1 Å². The highest BCUT2D eigenvalue weighted by Gasteiger charge is 2.27. The smallest absolute Gasteiger partial charge is 0.306 e. The number of hydrogen-bond acceptors (Lipinski definition) is 5. The van der Waals surface area contributed by atoms with Crippen LogP contribution in [-0.2, 0) is 9.53 Å². The van der Waals surface area contributed by atoms with Gasteiger partial charge >= 0.3 is 5.97 Å². The molecule has 1 aromatic heterocycles. The SMILES string of the molecule is O=C(O)CC1CN(C(=O)c2csc(-c3cccc(Cl)c3)n2)CCO1. The molecule has 2 aromatic rings. The van der Waals surface area contributed by atoms with Crippen LogP contribution in [-0.4, -0.2) is 52.7 Å².